The Morgan fingerprint density at radius 2 is 1.91 bits per heavy atom. The van der Waals surface area contributed by atoms with Crippen LogP contribution in [0.25, 0.3) is 27.6 Å². The Labute approximate surface area is 265 Å². The van der Waals surface area contributed by atoms with Crippen molar-refractivity contribution in [2.75, 3.05) is 13.1 Å². The van der Waals surface area contributed by atoms with Crippen molar-refractivity contribution in [3.05, 3.63) is 88.7 Å². The fraction of sp³-hybridized carbons (Fsp3) is 0.353. The number of H-pyrrole nitrogens is 1. The first kappa shape index (κ1) is 29.6. The number of aromatic nitrogens is 7. The number of benzene rings is 1. The predicted octanol–water partition coefficient (Wildman–Crippen LogP) is 4.91. The number of halogens is 1. The summed E-state index contributed by atoms with van der Waals surface area (Å²) in [4.78, 5) is 38.4. The SMILES string of the molecule is CCc1ccc(-c2cc(C3=CCCN(C(=O)CCn4ccnn4)C3)c(F)c3[nH]c(C(=O)N4Cc5cnn(CC)c5C4)cc23)c(C)n1. The number of pyridine rings is 1. The molecule has 0 aliphatic carbocycles. The van der Waals surface area contributed by atoms with Gasteiger partial charge in [0.25, 0.3) is 5.91 Å². The zero-order chi connectivity index (χ0) is 31.9. The molecular weight excluding hydrogens is 585 g/mol. The number of rotatable bonds is 8. The van der Waals surface area contributed by atoms with Gasteiger partial charge in [0.2, 0.25) is 5.91 Å². The van der Waals surface area contributed by atoms with E-state index in [1.807, 2.05) is 49.0 Å². The van der Waals surface area contributed by atoms with E-state index < -0.39 is 5.82 Å². The van der Waals surface area contributed by atoms with Gasteiger partial charge in [-0.3, -0.25) is 23.9 Å². The Kier molecular flexibility index (Phi) is 7.71. The molecule has 4 aromatic heterocycles. The normalized spacial score (nSPS) is 14.7. The molecule has 2 amide bonds. The number of aromatic amines is 1. The number of carbonyl (C=O) groups is 2. The summed E-state index contributed by atoms with van der Waals surface area (Å²) in [5.74, 6) is -0.661. The van der Waals surface area contributed by atoms with E-state index in [0.29, 0.717) is 49.2 Å². The summed E-state index contributed by atoms with van der Waals surface area (Å²) in [7, 11) is 0. The number of nitrogens with one attached hydrogen (secondary N) is 1. The van der Waals surface area contributed by atoms with E-state index >= 15 is 4.39 Å². The molecule has 46 heavy (non-hydrogen) atoms. The van der Waals surface area contributed by atoms with Gasteiger partial charge in [-0.2, -0.15) is 5.10 Å². The molecule has 0 unspecified atom stereocenters. The second-order valence-corrected chi connectivity index (χ2v) is 11.9. The third-order valence-electron chi connectivity index (χ3n) is 9.08. The van der Waals surface area contributed by atoms with Crippen LogP contribution in [0.1, 0.15) is 65.4 Å². The first-order chi connectivity index (χ1) is 22.3. The average molecular weight is 622 g/mol. The minimum absolute atomic E-state index is 0.0245. The summed E-state index contributed by atoms with van der Waals surface area (Å²) in [6.45, 7) is 8.95. The summed E-state index contributed by atoms with van der Waals surface area (Å²) in [6, 6.07) is 7.63. The zero-order valence-electron chi connectivity index (χ0n) is 26.3. The summed E-state index contributed by atoms with van der Waals surface area (Å²) in [5, 5.41) is 12.8. The third kappa shape index (κ3) is 5.27. The molecule has 0 fully saturated rings. The van der Waals surface area contributed by atoms with Crippen LogP contribution < -0.4 is 0 Å². The molecule has 0 radical (unpaired) electrons. The van der Waals surface area contributed by atoms with E-state index in [1.165, 1.54) is 0 Å². The molecule has 236 valence electrons. The first-order valence-corrected chi connectivity index (χ1v) is 15.8. The van der Waals surface area contributed by atoms with Crippen LogP contribution in [-0.4, -0.2) is 69.4 Å². The van der Waals surface area contributed by atoms with Crippen molar-refractivity contribution in [2.45, 2.75) is 66.2 Å². The quantitative estimate of drug-likeness (QED) is 0.263. The molecule has 2 aliphatic heterocycles. The van der Waals surface area contributed by atoms with Crippen LogP contribution in [0.2, 0.25) is 0 Å². The molecule has 0 saturated carbocycles. The number of fused-ring (bicyclic) bond motifs is 2. The Morgan fingerprint density at radius 1 is 1.04 bits per heavy atom. The second-order valence-electron chi connectivity index (χ2n) is 11.9. The maximum atomic E-state index is 16.6. The molecule has 11 nitrogen and oxygen atoms in total. The van der Waals surface area contributed by atoms with E-state index in [9.17, 15) is 9.59 Å². The molecule has 1 N–H and O–H groups in total. The molecule has 12 heteroatoms. The lowest BCUT2D eigenvalue weighted by Gasteiger charge is -2.28. The van der Waals surface area contributed by atoms with Crippen LogP contribution in [-0.2, 0) is 37.4 Å². The van der Waals surface area contributed by atoms with Crippen molar-refractivity contribution >= 4 is 28.3 Å². The van der Waals surface area contributed by atoms with Gasteiger partial charge < -0.3 is 14.8 Å². The molecule has 2 aliphatic rings. The summed E-state index contributed by atoms with van der Waals surface area (Å²) < 4.78 is 20.1. The van der Waals surface area contributed by atoms with Gasteiger partial charge in [0.05, 0.1) is 36.7 Å². The molecule has 0 bridgehead atoms. The van der Waals surface area contributed by atoms with Gasteiger partial charge in [-0.15, -0.1) is 5.10 Å². The van der Waals surface area contributed by atoms with Crippen molar-refractivity contribution in [3.63, 3.8) is 0 Å². The van der Waals surface area contributed by atoms with Gasteiger partial charge >= 0.3 is 0 Å². The number of amides is 2. The zero-order valence-corrected chi connectivity index (χ0v) is 26.3. The summed E-state index contributed by atoms with van der Waals surface area (Å²) in [5.41, 5.74) is 7.25. The van der Waals surface area contributed by atoms with E-state index in [0.717, 1.165) is 52.3 Å². The van der Waals surface area contributed by atoms with Crippen LogP contribution in [0.3, 0.4) is 0 Å². The topological polar surface area (TPSA) is 118 Å². The van der Waals surface area contributed by atoms with Crippen LogP contribution in [0.4, 0.5) is 4.39 Å². The highest BCUT2D eigenvalue weighted by Gasteiger charge is 2.30. The van der Waals surface area contributed by atoms with Crippen LogP contribution >= 0.6 is 0 Å². The van der Waals surface area contributed by atoms with Crippen molar-refractivity contribution in [1.29, 1.82) is 0 Å². The standard InChI is InChI=1S/C34H36FN9O2/c1-4-24-8-9-25(21(3)38-24)27-15-26(22-7-6-12-41(18-22)31(45)10-13-43-14-11-36-40-43)32(35)33-28(27)16-29(39-33)34(46)42-19-23-17-37-44(5-2)30(23)20-42/h7-9,11,14-17,39H,4-6,10,12-13,18-20H2,1-3H3. The molecule has 7 rings (SSSR count). The van der Waals surface area contributed by atoms with Crippen molar-refractivity contribution in [2.24, 2.45) is 0 Å². The molecule has 6 heterocycles. The number of nitrogens with zero attached hydrogens (tertiary/aromatic N) is 8. The fourth-order valence-electron chi connectivity index (χ4n) is 6.59. The highest BCUT2D eigenvalue weighted by atomic mass is 19.1. The molecule has 0 atom stereocenters. The Balaban J connectivity index is 1.25. The summed E-state index contributed by atoms with van der Waals surface area (Å²) >= 11 is 0. The Morgan fingerprint density at radius 3 is 2.67 bits per heavy atom. The lowest BCUT2D eigenvalue weighted by Crippen LogP contribution is -2.36. The van der Waals surface area contributed by atoms with Gasteiger partial charge in [0.1, 0.15) is 5.69 Å². The van der Waals surface area contributed by atoms with Gasteiger partial charge in [-0.1, -0.05) is 24.3 Å². The third-order valence-corrected chi connectivity index (χ3v) is 9.08. The van der Waals surface area contributed by atoms with E-state index in [2.05, 4.69) is 27.3 Å². The highest BCUT2D eigenvalue weighted by Crippen LogP contribution is 2.38. The fourth-order valence-corrected chi connectivity index (χ4v) is 6.59. The minimum atomic E-state index is -0.442. The highest BCUT2D eigenvalue weighted by molar-refractivity contribution is 6.05. The lowest BCUT2D eigenvalue weighted by molar-refractivity contribution is -0.131. The predicted molar refractivity (Wildman–Crippen MR) is 171 cm³/mol. The van der Waals surface area contributed by atoms with Gasteiger partial charge in [-0.25, -0.2) is 4.39 Å². The summed E-state index contributed by atoms with van der Waals surface area (Å²) in [6.07, 6.45) is 8.82. The van der Waals surface area contributed by atoms with Gasteiger partial charge in [0.15, 0.2) is 5.82 Å². The number of hydrogen-bond acceptors (Lipinski definition) is 6. The van der Waals surface area contributed by atoms with Crippen LogP contribution in [0.5, 0.6) is 0 Å². The second kappa shape index (κ2) is 12.0. The largest absolute Gasteiger partial charge is 0.348 e. The maximum absolute atomic E-state index is 16.6. The van der Waals surface area contributed by atoms with E-state index in [1.54, 1.807) is 32.9 Å². The Bertz CT molecular complexity index is 1990. The van der Waals surface area contributed by atoms with E-state index in [4.69, 9.17) is 4.98 Å². The molecular formula is C34H36FN9O2. The van der Waals surface area contributed by atoms with Gasteiger partial charge in [0, 0.05) is 72.3 Å². The molecule has 5 aromatic rings. The van der Waals surface area contributed by atoms with Crippen molar-refractivity contribution in [3.8, 4) is 11.1 Å². The molecule has 0 saturated heterocycles. The smallest absolute Gasteiger partial charge is 0.270 e. The van der Waals surface area contributed by atoms with E-state index in [-0.39, 0.29) is 30.3 Å². The molecule has 1 aromatic carbocycles. The maximum Gasteiger partial charge on any atom is 0.270 e. The van der Waals surface area contributed by atoms with Gasteiger partial charge in [-0.05, 0) is 56.0 Å². The van der Waals surface area contributed by atoms with Crippen LogP contribution in [0.15, 0.2) is 48.9 Å². The number of aryl methyl sites for hydroxylation is 4. The lowest BCUT2D eigenvalue weighted by atomic mass is 9.92. The Hall–Kier alpha value is -5.13. The number of hydrogen-bond donors (Lipinski definition) is 1. The monoisotopic (exact) mass is 621 g/mol. The first-order valence-electron chi connectivity index (χ1n) is 15.8. The minimum Gasteiger partial charge on any atom is -0.348 e. The van der Waals surface area contributed by atoms with Crippen molar-refractivity contribution in [1.82, 2.24) is 44.5 Å². The molecule has 0 spiro atoms. The van der Waals surface area contributed by atoms with Crippen LogP contribution in [0, 0.1) is 12.7 Å². The van der Waals surface area contributed by atoms with Crippen molar-refractivity contribution < 1.29 is 14.0 Å². The number of carbonyl (C=O) groups excluding carboxylic acids is 2. The average Bonchev–Trinajstić information content (AvgIpc) is 3.89.